The highest BCUT2D eigenvalue weighted by Gasteiger charge is 2.33. The van der Waals surface area contributed by atoms with Crippen molar-refractivity contribution in [3.05, 3.63) is 64.7 Å². The number of rotatable bonds is 5. The number of carboxylic acids is 1. The van der Waals surface area contributed by atoms with Crippen LogP contribution >= 0.6 is 11.8 Å². The molecule has 2 aromatic rings. The van der Waals surface area contributed by atoms with Gasteiger partial charge in [-0.1, -0.05) is 18.2 Å². The zero-order chi connectivity index (χ0) is 19.8. The molecule has 0 radical (unpaired) electrons. The van der Waals surface area contributed by atoms with Crippen molar-refractivity contribution in [3.8, 4) is 0 Å². The minimum Gasteiger partial charge on any atom is -0.478 e. The van der Waals surface area contributed by atoms with E-state index in [1.165, 1.54) is 17.8 Å². The molecule has 1 unspecified atom stereocenters. The quantitative estimate of drug-likeness (QED) is 0.822. The molecule has 27 heavy (non-hydrogen) atoms. The first-order valence-electron chi connectivity index (χ1n) is 8.21. The lowest BCUT2D eigenvalue weighted by molar-refractivity contribution is -0.128. The SMILES string of the molecule is Cc1cc(C(=O)O)ccc1CN1C(=O)CSC1c1ccc(S(C)(=O)=O)cc1. The molecule has 1 N–H and O–H groups in total. The summed E-state index contributed by atoms with van der Waals surface area (Å²) < 4.78 is 23.2. The second-order valence-corrected chi connectivity index (χ2v) is 9.56. The Hall–Kier alpha value is -2.32. The molecule has 8 heteroatoms. The van der Waals surface area contributed by atoms with Crippen molar-refractivity contribution in [2.24, 2.45) is 0 Å². The van der Waals surface area contributed by atoms with Crippen molar-refractivity contribution in [2.45, 2.75) is 23.7 Å². The van der Waals surface area contributed by atoms with Gasteiger partial charge in [-0.25, -0.2) is 13.2 Å². The number of aromatic carboxylic acids is 1. The van der Waals surface area contributed by atoms with Crippen LogP contribution in [0.1, 0.15) is 32.4 Å². The molecular weight excluding hydrogens is 386 g/mol. The summed E-state index contributed by atoms with van der Waals surface area (Å²) in [6.45, 7) is 2.20. The first-order chi connectivity index (χ1) is 12.7. The fraction of sp³-hybridized carbons (Fsp3) is 0.263. The number of hydrogen-bond acceptors (Lipinski definition) is 5. The van der Waals surface area contributed by atoms with E-state index in [1.54, 1.807) is 41.3 Å². The van der Waals surface area contributed by atoms with E-state index in [4.69, 9.17) is 5.11 Å². The summed E-state index contributed by atoms with van der Waals surface area (Å²) in [5.74, 6) is -0.634. The number of thioether (sulfide) groups is 1. The van der Waals surface area contributed by atoms with E-state index >= 15 is 0 Å². The number of aryl methyl sites for hydroxylation is 1. The topological polar surface area (TPSA) is 91.8 Å². The molecule has 3 rings (SSSR count). The largest absolute Gasteiger partial charge is 0.478 e. The molecule has 0 spiro atoms. The Morgan fingerprint density at radius 3 is 2.44 bits per heavy atom. The maximum Gasteiger partial charge on any atom is 0.335 e. The summed E-state index contributed by atoms with van der Waals surface area (Å²) in [6, 6.07) is 11.5. The van der Waals surface area contributed by atoms with Crippen LogP contribution in [-0.4, -0.2) is 42.3 Å². The number of benzene rings is 2. The van der Waals surface area contributed by atoms with Crippen molar-refractivity contribution in [1.29, 1.82) is 0 Å². The van der Waals surface area contributed by atoms with Gasteiger partial charge in [0, 0.05) is 12.8 Å². The maximum absolute atomic E-state index is 12.4. The second kappa shape index (κ2) is 7.36. The van der Waals surface area contributed by atoms with Gasteiger partial charge in [-0.2, -0.15) is 0 Å². The van der Waals surface area contributed by atoms with Crippen molar-refractivity contribution in [3.63, 3.8) is 0 Å². The fourth-order valence-corrected chi connectivity index (χ4v) is 4.79. The fourth-order valence-electron chi connectivity index (χ4n) is 2.97. The Balaban J connectivity index is 1.86. The lowest BCUT2D eigenvalue weighted by Crippen LogP contribution is -2.28. The molecule has 0 saturated carbocycles. The van der Waals surface area contributed by atoms with Gasteiger partial charge < -0.3 is 10.0 Å². The van der Waals surface area contributed by atoms with Gasteiger partial charge in [0.05, 0.1) is 16.2 Å². The Morgan fingerprint density at radius 1 is 1.22 bits per heavy atom. The zero-order valence-corrected chi connectivity index (χ0v) is 16.5. The van der Waals surface area contributed by atoms with Crippen LogP contribution in [0.2, 0.25) is 0 Å². The minimum absolute atomic E-state index is 0.00102. The highest BCUT2D eigenvalue weighted by molar-refractivity contribution is 8.00. The minimum atomic E-state index is -3.27. The molecule has 1 aliphatic rings. The Bertz CT molecular complexity index is 999. The molecule has 1 atom stereocenters. The molecule has 6 nitrogen and oxygen atoms in total. The predicted octanol–water partition coefficient (Wildman–Crippen LogP) is 2.87. The van der Waals surface area contributed by atoms with Gasteiger partial charge in [0.15, 0.2) is 9.84 Å². The summed E-state index contributed by atoms with van der Waals surface area (Å²) in [4.78, 5) is 25.5. The summed E-state index contributed by atoms with van der Waals surface area (Å²) >= 11 is 1.49. The molecule has 142 valence electrons. The molecule has 0 aliphatic carbocycles. The van der Waals surface area contributed by atoms with E-state index in [9.17, 15) is 18.0 Å². The standard InChI is InChI=1S/C19H19NO5S2/c1-12-9-14(19(22)23)3-4-15(12)10-20-17(21)11-26-18(20)13-5-7-16(8-6-13)27(2,24)25/h3-9,18H,10-11H2,1-2H3,(H,22,23). The van der Waals surface area contributed by atoms with Gasteiger partial charge in [0.25, 0.3) is 0 Å². The van der Waals surface area contributed by atoms with Gasteiger partial charge in [-0.15, -0.1) is 11.8 Å². The molecule has 1 aliphatic heterocycles. The van der Waals surface area contributed by atoms with Crippen LogP contribution < -0.4 is 0 Å². The normalized spacial score (nSPS) is 17.3. The smallest absolute Gasteiger partial charge is 0.335 e. The van der Waals surface area contributed by atoms with Gasteiger partial charge in [0.2, 0.25) is 5.91 Å². The number of sulfone groups is 1. The van der Waals surface area contributed by atoms with Crippen LogP contribution in [0.4, 0.5) is 0 Å². The summed E-state index contributed by atoms with van der Waals surface area (Å²) in [5, 5.41) is 8.88. The Labute approximate surface area is 162 Å². The molecule has 0 bridgehead atoms. The maximum atomic E-state index is 12.4. The van der Waals surface area contributed by atoms with Crippen molar-refractivity contribution < 1.29 is 23.1 Å². The van der Waals surface area contributed by atoms with E-state index in [0.29, 0.717) is 12.3 Å². The van der Waals surface area contributed by atoms with Crippen molar-refractivity contribution in [1.82, 2.24) is 4.90 Å². The van der Waals surface area contributed by atoms with Crippen LogP contribution in [0.3, 0.4) is 0 Å². The van der Waals surface area contributed by atoms with E-state index in [0.717, 1.165) is 22.9 Å². The molecular formula is C19H19NO5S2. The Morgan fingerprint density at radius 2 is 1.89 bits per heavy atom. The number of nitrogens with zero attached hydrogens (tertiary/aromatic N) is 1. The number of amides is 1. The molecule has 0 aromatic heterocycles. The summed E-state index contributed by atoms with van der Waals surface area (Å²) in [7, 11) is -3.27. The van der Waals surface area contributed by atoms with Crippen LogP contribution in [0, 0.1) is 6.92 Å². The number of carbonyl (C=O) groups is 2. The monoisotopic (exact) mass is 405 g/mol. The number of carbonyl (C=O) groups excluding carboxylic acids is 1. The van der Waals surface area contributed by atoms with Gasteiger partial charge in [-0.3, -0.25) is 4.79 Å². The summed E-state index contributed by atoms with van der Waals surface area (Å²) in [5.41, 5.74) is 2.77. The number of carboxylic acid groups (broad SMARTS) is 1. The molecule has 2 aromatic carbocycles. The van der Waals surface area contributed by atoms with Gasteiger partial charge in [0.1, 0.15) is 5.37 Å². The van der Waals surface area contributed by atoms with E-state index in [-0.39, 0.29) is 21.7 Å². The highest BCUT2D eigenvalue weighted by atomic mass is 32.2. The molecule has 1 saturated heterocycles. The van der Waals surface area contributed by atoms with Crippen LogP contribution in [-0.2, 0) is 21.2 Å². The first kappa shape index (κ1) is 19.4. The zero-order valence-electron chi connectivity index (χ0n) is 14.9. The molecule has 1 heterocycles. The average Bonchev–Trinajstić information content (AvgIpc) is 2.96. The summed E-state index contributed by atoms with van der Waals surface area (Å²) in [6.07, 6.45) is 1.16. The van der Waals surface area contributed by atoms with Crippen LogP contribution in [0.5, 0.6) is 0 Å². The lowest BCUT2D eigenvalue weighted by atomic mass is 10.0. The van der Waals surface area contributed by atoms with E-state index in [2.05, 4.69) is 0 Å². The second-order valence-electron chi connectivity index (χ2n) is 6.47. The third kappa shape index (κ3) is 4.17. The average molecular weight is 405 g/mol. The van der Waals surface area contributed by atoms with Gasteiger partial charge >= 0.3 is 5.97 Å². The van der Waals surface area contributed by atoms with E-state index in [1.807, 2.05) is 6.92 Å². The molecule has 1 fully saturated rings. The lowest BCUT2D eigenvalue weighted by Gasteiger charge is -2.25. The third-order valence-corrected chi connectivity index (χ3v) is 6.88. The highest BCUT2D eigenvalue weighted by Crippen LogP contribution is 2.40. The first-order valence-corrected chi connectivity index (χ1v) is 11.1. The van der Waals surface area contributed by atoms with Crippen LogP contribution in [0.15, 0.2) is 47.4 Å². The van der Waals surface area contributed by atoms with Crippen molar-refractivity contribution >= 4 is 33.5 Å². The number of hydrogen-bond donors (Lipinski definition) is 1. The predicted molar refractivity (Wildman–Crippen MR) is 103 cm³/mol. The van der Waals surface area contributed by atoms with Crippen molar-refractivity contribution in [2.75, 3.05) is 12.0 Å². The molecule has 1 amide bonds. The third-order valence-electron chi connectivity index (χ3n) is 4.49. The van der Waals surface area contributed by atoms with E-state index < -0.39 is 15.8 Å². The van der Waals surface area contributed by atoms with Gasteiger partial charge in [-0.05, 0) is 47.9 Å². The van der Waals surface area contributed by atoms with Crippen LogP contribution in [0.25, 0.3) is 0 Å². The Kier molecular flexibility index (Phi) is 5.30.